The fraction of sp³-hybridized carbons (Fsp3) is 0. The van der Waals surface area contributed by atoms with Crippen LogP contribution in [0.4, 0.5) is 0 Å². The lowest BCUT2D eigenvalue weighted by atomic mass is 10.3. The largest absolute Gasteiger partial charge is 0.382 e. The quantitative estimate of drug-likeness (QED) is 0.675. The van der Waals surface area contributed by atoms with Crippen LogP contribution in [0.15, 0.2) is 56.9 Å². The predicted octanol–water partition coefficient (Wildman–Crippen LogP) is 3.28. The van der Waals surface area contributed by atoms with Gasteiger partial charge in [0.25, 0.3) is 0 Å². The molecule has 0 aliphatic heterocycles. The zero-order chi connectivity index (χ0) is 12.3. The lowest BCUT2D eigenvalue weighted by Crippen LogP contribution is -2.12. The Kier molecular flexibility index (Phi) is 3.81. The summed E-state index contributed by atoms with van der Waals surface area (Å²) in [6.07, 6.45) is 0. The van der Waals surface area contributed by atoms with Gasteiger partial charge in [-0.05, 0) is 40.2 Å². The van der Waals surface area contributed by atoms with Crippen molar-refractivity contribution in [2.24, 2.45) is 5.73 Å². The Labute approximate surface area is 112 Å². The number of hydrogen-bond donors (Lipinski definition) is 2. The van der Waals surface area contributed by atoms with Crippen LogP contribution < -0.4 is 5.73 Å². The van der Waals surface area contributed by atoms with Crippen molar-refractivity contribution in [3.05, 3.63) is 52.6 Å². The molecular weight excluding hydrogens is 298 g/mol. The average Bonchev–Trinajstić information content (AvgIpc) is 2.32. The molecule has 0 aliphatic rings. The van der Waals surface area contributed by atoms with E-state index in [0.717, 1.165) is 14.4 Å². The van der Waals surface area contributed by atoms with Gasteiger partial charge in [0.05, 0.1) is 0 Å². The number of benzene rings is 1. The highest BCUT2D eigenvalue weighted by molar-refractivity contribution is 9.10. The van der Waals surface area contributed by atoms with E-state index in [2.05, 4.69) is 20.9 Å². The maximum atomic E-state index is 7.35. The zero-order valence-corrected chi connectivity index (χ0v) is 11.3. The molecule has 0 radical (unpaired) electrons. The molecule has 0 amide bonds. The van der Waals surface area contributed by atoms with Crippen LogP contribution in [-0.4, -0.2) is 10.8 Å². The Balaban J connectivity index is 2.28. The number of nitrogen functional groups attached to an aromatic ring is 1. The molecule has 17 heavy (non-hydrogen) atoms. The third-order valence-corrected chi connectivity index (χ3v) is 4.02. The summed E-state index contributed by atoms with van der Waals surface area (Å²) in [5.41, 5.74) is 5.91. The first-order chi connectivity index (χ1) is 8.16. The van der Waals surface area contributed by atoms with Gasteiger partial charge in [-0.25, -0.2) is 4.98 Å². The van der Waals surface area contributed by atoms with Crippen molar-refractivity contribution in [2.75, 3.05) is 0 Å². The van der Waals surface area contributed by atoms with E-state index in [9.17, 15) is 0 Å². The van der Waals surface area contributed by atoms with Crippen molar-refractivity contribution in [3.8, 4) is 0 Å². The average molecular weight is 308 g/mol. The monoisotopic (exact) mass is 307 g/mol. The molecule has 0 spiro atoms. The van der Waals surface area contributed by atoms with E-state index in [1.165, 1.54) is 11.8 Å². The van der Waals surface area contributed by atoms with Crippen molar-refractivity contribution in [3.63, 3.8) is 0 Å². The molecule has 0 atom stereocenters. The molecule has 0 bridgehead atoms. The number of pyridine rings is 1. The van der Waals surface area contributed by atoms with E-state index in [1.807, 2.05) is 36.4 Å². The first-order valence-corrected chi connectivity index (χ1v) is 6.51. The van der Waals surface area contributed by atoms with Gasteiger partial charge in [0, 0.05) is 9.37 Å². The minimum atomic E-state index is -0.0143. The molecule has 86 valence electrons. The second-order valence-corrected chi connectivity index (χ2v) is 5.22. The van der Waals surface area contributed by atoms with Gasteiger partial charge in [-0.15, -0.1) is 0 Å². The standard InChI is InChI=1S/C12H10BrN3S/c13-8-4-1-2-6-10(8)17-11-7-3-5-9(16-11)12(14)15/h1-7H,(H3,14,15). The molecule has 1 aromatic carbocycles. The summed E-state index contributed by atoms with van der Waals surface area (Å²) in [6, 6.07) is 13.4. The Bertz CT molecular complexity index is 557. The number of nitrogens with two attached hydrogens (primary N) is 1. The highest BCUT2D eigenvalue weighted by Crippen LogP contribution is 2.31. The fourth-order valence-corrected chi connectivity index (χ4v) is 2.62. The normalized spacial score (nSPS) is 10.2. The van der Waals surface area contributed by atoms with E-state index < -0.39 is 0 Å². The Morgan fingerprint density at radius 3 is 2.65 bits per heavy atom. The van der Waals surface area contributed by atoms with E-state index in [4.69, 9.17) is 11.1 Å². The van der Waals surface area contributed by atoms with Crippen molar-refractivity contribution >= 4 is 33.5 Å². The highest BCUT2D eigenvalue weighted by atomic mass is 79.9. The number of nitrogens with one attached hydrogen (secondary N) is 1. The summed E-state index contributed by atoms with van der Waals surface area (Å²) in [7, 11) is 0. The third-order valence-electron chi connectivity index (χ3n) is 2.05. The Morgan fingerprint density at radius 1 is 1.18 bits per heavy atom. The molecule has 5 heteroatoms. The third kappa shape index (κ3) is 3.08. The van der Waals surface area contributed by atoms with Crippen molar-refractivity contribution < 1.29 is 0 Å². The van der Waals surface area contributed by atoms with Crippen LogP contribution in [0.25, 0.3) is 0 Å². The summed E-state index contributed by atoms with van der Waals surface area (Å²) in [6.45, 7) is 0. The smallest absolute Gasteiger partial charge is 0.141 e. The van der Waals surface area contributed by atoms with Crippen LogP contribution in [0.5, 0.6) is 0 Å². The molecule has 1 aromatic heterocycles. The lowest BCUT2D eigenvalue weighted by Gasteiger charge is -2.04. The van der Waals surface area contributed by atoms with Gasteiger partial charge >= 0.3 is 0 Å². The minimum absolute atomic E-state index is 0.0143. The van der Waals surface area contributed by atoms with Gasteiger partial charge in [0.15, 0.2) is 0 Å². The molecule has 0 unspecified atom stereocenters. The zero-order valence-electron chi connectivity index (χ0n) is 8.85. The Morgan fingerprint density at radius 2 is 1.94 bits per heavy atom. The van der Waals surface area contributed by atoms with E-state index in [-0.39, 0.29) is 5.84 Å². The van der Waals surface area contributed by atoms with Gasteiger partial charge in [0.1, 0.15) is 16.6 Å². The molecule has 3 N–H and O–H groups in total. The molecule has 1 heterocycles. The molecular formula is C12H10BrN3S. The van der Waals surface area contributed by atoms with Crippen molar-refractivity contribution in [1.29, 1.82) is 5.41 Å². The summed E-state index contributed by atoms with van der Waals surface area (Å²) < 4.78 is 1.03. The Hall–Kier alpha value is -1.33. The highest BCUT2D eigenvalue weighted by Gasteiger charge is 2.04. The summed E-state index contributed by atoms with van der Waals surface area (Å²) in [5, 5.41) is 8.17. The van der Waals surface area contributed by atoms with Gasteiger partial charge in [-0.2, -0.15) is 0 Å². The van der Waals surface area contributed by atoms with Gasteiger partial charge in [-0.3, -0.25) is 5.41 Å². The number of rotatable bonds is 3. The fourth-order valence-electron chi connectivity index (χ4n) is 1.26. The van der Waals surface area contributed by atoms with E-state index >= 15 is 0 Å². The molecule has 0 saturated heterocycles. The second-order valence-electron chi connectivity index (χ2n) is 3.31. The minimum Gasteiger partial charge on any atom is -0.382 e. The van der Waals surface area contributed by atoms with E-state index in [1.54, 1.807) is 6.07 Å². The SMILES string of the molecule is N=C(N)c1cccc(Sc2ccccc2Br)n1. The van der Waals surface area contributed by atoms with Gasteiger partial charge in [0.2, 0.25) is 0 Å². The summed E-state index contributed by atoms with van der Waals surface area (Å²) >= 11 is 5.02. The topological polar surface area (TPSA) is 62.8 Å². The van der Waals surface area contributed by atoms with Crippen LogP contribution >= 0.6 is 27.7 Å². The number of halogens is 1. The molecule has 0 saturated carbocycles. The van der Waals surface area contributed by atoms with Crippen molar-refractivity contribution in [2.45, 2.75) is 9.92 Å². The first-order valence-electron chi connectivity index (χ1n) is 4.90. The maximum absolute atomic E-state index is 7.35. The van der Waals surface area contributed by atoms with Crippen LogP contribution in [0.1, 0.15) is 5.69 Å². The van der Waals surface area contributed by atoms with Crippen LogP contribution in [0, 0.1) is 5.41 Å². The molecule has 2 rings (SSSR count). The van der Waals surface area contributed by atoms with Crippen LogP contribution in [-0.2, 0) is 0 Å². The number of hydrogen-bond acceptors (Lipinski definition) is 3. The van der Waals surface area contributed by atoms with E-state index in [0.29, 0.717) is 5.69 Å². The van der Waals surface area contributed by atoms with Crippen molar-refractivity contribution in [1.82, 2.24) is 4.98 Å². The van der Waals surface area contributed by atoms with Gasteiger partial charge < -0.3 is 5.73 Å². The first kappa shape index (κ1) is 12.1. The molecule has 0 aliphatic carbocycles. The molecule has 3 nitrogen and oxygen atoms in total. The summed E-state index contributed by atoms with van der Waals surface area (Å²) in [5.74, 6) is -0.0143. The molecule has 2 aromatic rings. The van der Waals surface area contributed by atoms with Gasteiger partial charge in [-0.1, -0.05) is 30.0 Å². The summed E-state index contributed by atoms with van der Waals surface area (Å²) in [4.78, 5) is 5.39. The second kappa shape index (κ2) is 5.33. The number of nitrogens with zero attached hydrogens (tertiary/aromatic N) is 1. The molecule has 0 fully saturated rings. The number of amidine groups is 1. The lowest BCUT2D eigenvalue weighted by molar-refractivity contribution is 1.10. The maximum Gasteiger partial charge on any atom is 0.141 e. The van der Waals surface area contributed by atoms with Crippen LogP contribution in [0.3, 0.4) is 0 Å². The number of aromatic nitrogens is 1. The van der Waals surface area contributed by atoms with Crippen LogP contribution in [0.2, 0.25) is 0 Å². The predicted molar refractivity (Wildman–Crippen MR) is 73.5 cm³/mol.